The molecule has 0 bridgehead atoms. The fraction of sp³-hybridized carbons (Fsp3) is 0.333. The van der Waals surface area contributed by atoms with E-state index in [1.54, 1.807) is 32.3 Å². The molecule has 206 valence electrons. The van der Waals surface area contributed by atoms with E-state index in [4.69, 9.17) is 14.2 Å². The lowest BCUT2D eigenvalue weighted by atomic mass is 10.1. The minimum atomic E-state index is -0.142. The number of carbonyl (C=O) groups excluding carboxylic acids is 2. The van der Waals surface area contributed by atoms with Gasteiger partial charge in [0.1, 0.15) is 6.54 Å². The molecule has 4 aromatic rings. The van der Waals surface area contributed by atoms with Crippen LogP contribution in [0.3, 0.4) is 0 Å². The Morgan fingerprint density at radius 2 is 1.74 bits per heavy atom. The van der Waals surface area contributed by atoms with Crippen LogP contribution in [0.2, 0.25) is 0 Å². The number of nitrogens with zero attached hydrogens (tertiary/aromatic N) is 2. The lowest BCUT2D eigenvalue weighted by Gasteiger charge is -2.28. The number of carbonyl (C=O) groups is 2. The number of aromatic amines is 1. The zero-order valence-electron chi connectivity index (χ0n) is 22.6. The van der Waals surface area contributed by atoms with E-state index in [2.05, 4.69) is 11.1 Å². The molecule has 9 heteroatoms. The average Bonchev–Trinajstić information content (AvgIpc) is 3.65. The minimum Gasteiger partial charge on any atom is -0.493 e. The number of thiophene rings is 1. The molecule has 2 amide bonds. The standard InChI is InChI=1S/C30H35N3O5S/c1-36-16-7-14-33(30(35)28-10-6-17-39-28)21-29(34)32(20-22-11-12-26(37-2)27(18-22)38-3)15-13-23-19-31-25-9-5-4-8-24(23)25/h4-6,8-12,17-19,31H,7,13-16,20-21H2,1-3H3. The number of rotatable bonds is 14. The van der Waals surface area contributed by atoms with Crippen LogP contribution in [0.4, 0.5) is 0 Å². The molecule has 0 atom stereocenters. The number of fused-ring (bicyclic) bond motifs is 1. The Hall–Kier alpha value is -3.82. The maximum Gasteiger partial charge on any atom is 0.264 e. The number of ether oxygens (including phenoxy) is 3. The fourth-order valence-electron chi connectivity index (χ4n) is 4.56. The molecule has 0 aliphatic rings. The lowest BCUT2D eigenvalue weighted by Crippen LogP contribution is -2.43. The second kappa shape index (κ2) is 13.8. The van der Waals surface area contributed by atoms with E-state index in [1.165, 1.54) is 11.3 Å². The van der Waals surface area contributed by atoms with Gasteiger partial charge in [-0.1, -0.05) is 30.3 Å². The van der Waals surface area contributed by atoms with Gasteiger partial charge in [-0.2, -0.15) is 0 Å². The first-order chi connectivity index (χ1) is 19.0. The number of nitrogens with one attached hydrogen (secondary N) is 1. The summed E-state index contributed by atoms with van der Waals surface area (Å²) >= 11 is 1.38. The van der Waals surface area contributed by atoms with Crippen molar-refractivity contribution in [1.82, 2.24) is 14.8 Å². The molecule has 0 spiro atoms. The number of benzene rings is 2. The molecule has 1 N–H and O–H groups in total. The quantitative estimate of drug-likeness (QED) is 0.224. The first kappa shape index (κ1) is 28.2. The number of aromatic nitrogens is 1. The van der Waals surface area contributed by atoms with Crippen molar-refractivity contribution in [3.05, 3.63) is 82.2 Å². The van der Waals surface area contributed by atoms with Crippen molar-refractivity contribution < 1.29 is 23.8 Å². The van der Waals surface area contributed by atoms with Crippen LogP contribution < -0.4 is 9.47 Å². The van der Waals surface area contributed by atoms with Gasteiger partial charge in [0.15, 0.2) is 11.5 Å². The fourth-order valence-corrected chi connectivity index (χ4v) is 5.25. The lowest BCUT2D eigenvalue weighted by molar-refractivity contribution is -0.132. The largest absolute Gasteiger partial charge is 0.493 e. The second-order valence-electron chi connectivity index (χ2n) is 9.16. The average molecular weight is 550 g/mol. The van der Waals surface area contributed by atoms with Gasteiger partial charge in [0.05, 0.1) is 19.1 Å². The molecule has 8 nitrogen and oxygen atoms in total. The summed E-state index contributed by atoms with van der Waals surface area (Å²) in [4.78, 5) is 34.4. The number of hydrogen-bond acceptors (Lipinski definition) is 6. The highest BCUT2D eigenvalue weighted by Gasteiger charge is 2.23. The van der Waals surface area contributed by atoms with Crippen molar-refractivity contribution in [3.8, 4) is 11.5 Å². The Morgan fingerprint density at radius 1 is 0.923 bits per heavy atom. The summed E-state index contributed by atoms with van der Waals surface area (Å²) in [6.45, 7) is 1.80. The smallest absolute Gasteiger partial charge is 0.264 e. The van der Waals surface area contributed by atoms with Crippen molar-refractivity contribution >= 4 is 34.1 Å². The summed E-state index contributed by atoms with van der Waals surface area (Å²) in [5, 5.41) is 3.01. The Kier molecular flexibility index (Phi) is 9.99. The van der Waals surface area contributed by atoms with E-state index >= 15 is 0 Å². The minimum absolute atomic E-state index is 0.0123. The molecular formula is C30H35N3O5S. The van der Waals surface area contributed by atoms with E-state index in [1.807, 2.05) is 58.9 Å². The normalized spacial score (nSPS) is 10.9. The van der Waals surface area contributed by atoms with Crippen LogP contribution in [-0.2, 0) is 22.5 Å². The van der Waals surface area contributed by atoms with E-state index in [0.717, 1.165) is 22.0 Å². The topological polar surface area (TPSA) is 84.1 Å². The highest BCUT2D eigenvalue weighted by molar-refractivity contribution is 7.12. The van der Waals surface area contributed by atoms with E-state index < -0.39 is 0 Å². The third-order valence-electron chi connectivity index (χ3n) is 6.62. The Labute approximate surface area is 233 Å². The van der Waals surface area contributed by atoms with Crippen LogP contribution >= 0.6 is 11.3 Å². The molecule has 39 heavy (non-hydrogen) atoms. The van der Waals surface area contributed by atoms with Crippen molar-refractivity contribution in [2.45, 2.75) is 19.4 Å². The third kappa shape index (κ3) is 7.19. The van der Waals surface area contributed by atoms with Crippen LogP contribution in [0.25, 0.3) is 10.9 Å². The van der Waals surface area contributed by atoms with Gasteiger partial charge in [0.2, 0.25) is 5.91 Å². The monoisotopic (exact) mass is 549 g/mol. The summed E-state index contributed by atoms with van der Waals surface area (Å²) in [5.74, 6) is 0.973. The zero-order valence-corrected chi connectivity index (χ0v) is 23.5. The van der Waals surface area contributed by atoms with Gasteiger partial charge in [-0.05, 0) is 53.6 Å². The van der Waals surface area contributed by atoms with Gasteiger partial charge in [0.25, 0.3) is 5.91 Å². The van der Waals surface area contributed by atoms with Gasteiger partial charge in [-0.15, -0.1) is 11.3 Å². The van der Waals surface area contributed by atoms with E-state index in [-0.39, 0.29) is 18.4 Å². The van der Waals surface area contributed by atoms with Crippen molar-refractivity contribution in [1.29, 1.82) is 0 Å². The van der Waals surface area contributed by atoms with Crippen LogP contribution in [0.1, 0.15) is 27.2 Å². The zero-order chi connectivity index (χ0) is 27.6. The van der Waals surface area contributed by atoms with Crippen molar-refractivity contribution in [3.63, 3.8) is 0 Å². The SMILES string of the molecule is COCCCN(CC(=O)N(CCc1c[nH]c2ccccc12)Cc1ccc(OC)c(OC)c1)C(=O)c1cccs1. The summed E-state index contributed by atoms with van der Waals surface area (Å²) in [6.07, 6.45) is 3.32. The molecule has 0 saturated heterocycles. The van der Waals surface area contributed by atoms with Gasteiger partial charge in [-0.3, -0.25) is 9.59 Å². The predicted molar refractivity (Wildman–Crippen MR) is 154 cm³/mol. The van der Waals surface area contributed by atoms with Crippen LogP contribution in [-0.4, -0.2) is 74.2 Å². The van der Waals surface area contributed by atoms with Gasteiger partial charge < -0.3 is 29.0 Å². The second-order valence-corrected chi connectivity index (χ2v) is 10.1. The number of methoxy groups -OCH3 is 3. The van der Waals surface area contributed by atoms with Crippen molar-refractivity contribution in [2.75, 3.05) is 47.6 Å². The first-order valence-corrected chi connectivity index (χ1v) is 13.8. The Balaban J connectivity index is 1.56. The Morgan fingerprint density at radius 3 is 2.49 bits per heavy atom. The highest BCUT2D eigenvalue weighted by atomic mass is 32.1. The summed E-state index contributed by atoms with van der Waals surface area (Å²) in [7, 11) is 4.82. The number of amides is 2. The molecule has 0 unspecified atom stereocenters. The summed E-state index contributed by atoms with van der Waals surface area (Å²) in [6, 6.07) is 17.4. The predicted octanol–water partition coefficient (Wildman–Crippen LogP) is 5.00. The van der Waals surface area contributed by atoms with Gasteiger partial charge in [0, 0.05) is 50.5 Å². The molecule has 4 rings (SSSR count). The molecule has 0 aliphatic carbocycles. The molecule has 0 fully saturated rings. The molecule has 0 aliphatic heterocycles. The molecule has 2 aromatic carbocycles. The molecule has 0 saturated carbocycles. The maximum absolute atomic E-state index is 13.8. The summed E-state index contributed by atoms with van der Waals surface area (Å²) < 4.78 is 16.1. The Bertz CT molecular complexity index is 1370. The third-order valence-corrected chi connectivity index (χ3v) is 7.48. The van der Waals surface area contributed by atoms with Crippen molar-refractivity contribution in [2.24, 2.45) is 0 Å². The molecule has 0 radical (unpaired) electrons. The number of para-hydroxylation sites is 1. The number of hydrogen-bond donors (Lipinski definition) is 1. The number of H-pyrrole nitrogens is 1. The summed E-state index contributed by atoms with van der Waals surface area (Å²) in [5.41, 5.74) is 3.12. The van der Waals surface area contributed by atoms with Gasteiger partial charge in [-0.25, -0.2) is 0 Å². The van der Waals surface area contributed by atoms with E-state index in [0.29, 0.717) is 55.5 Å². The highest BCUT2D eigenvalue weighted by Crippen LogP contribution is 2.28. The van der Waals surface area contributed by atoms with Gasteiger partial charge >= 0.3 is 0 Å². The molecule has 2 aromatic heterocycles. The van der Waals surface area contributed by atoms with Crippen LogP contribution in [0, 0.1) is 0 Å². The maximum atomic E-state index is 13.8. The molecule has 2 heterocycles. The first-order valence-electron chi connectivity index (χ1n) is 12.9. The van der Waals surface area contributed by atoms with E-state index in [9.17, 15) is 9.59 Å². The van der Waals surface area contributed by atoms with Crippen LogP contribution in [0.15, 0.2) is 66.2 Å². The van der Waals surface area contributed by atoms with Crippen LogP contribution in [0.5, 0.6) is 11.5 Å². The molecular weight excluding hydrogens is 514 g/mol.